The van der Waals surface area contributed by atoms with E-state index in [9.17, 15) is 4.79 Å². The summed E-state index contributed by atoms with van der Waals surface area (Å²) in [5.74, 6) is -0.516. The lowest BCUT2D eigenvalue weighted by Gasteiger charge is -2.04. The second-order valence-corrected chi connectivity index (χ2v) is 2.60. The van der Waals surface area contributed by atoms with Gasteiger partial charge in [0.15, 0.2) is 0 Å². The summed E-state index contributed by atoms with van der Waals surface area (Å²) in [5, 5.41) is 0.307. The molecule has 0 aliphatic heterocycles. The van der Waals surface area contributed by atoms with E-state index in [0.29, 0.717) is 10.7 Å². The number of anilines is 1. The van der Waals surface area contributed by atoms with E-state index < -0.39 is 5.97 Å². The maximum Gasteiger partial charge on any atom is 0.341 e. The van der Waals surface area contributed by atoms with Crippen LogP contribution >= 0.6 is 11.6 Å². The van der Waals surface area contributed by atoms with Crippen molar-refractivity contribution in [2.75, 3.05) is 12.8 Å². The van der Waals surface area contributed by atoms with E-state index in [1.807, 2.05) is 0 Å². The van der Waals surface area contributed by atoms with Gasteiger partial charge < -0.3 is 10.5 Å². The lowest BCUT2D eigenvalue weighted by atomic mass is 10.2. The van der Waals surface area contributed by atoms with Crippen molar-refractivity contribution in [1.82, 2.24) is 0 Å². The lowest BCUT2D eigenvalue weighted by Crippen LogP contribution is -2.05. The predicted octanol–water partition coefficient (Wildman–Crippen LogP) is 1.71. The molecule has 0 heterocycles. The quantitative estimate of drug-likeness (QED) is 0.535. The monoisotopic (exact) mass is 185 g/mol. The number of halogens is 1. The van der Waals surface area contributed by atoms with Crippen molar-refractivity contribution in [2.45, 2.75) is 0 Å². The molecule has 0 saturated carbocycles. The molecule has 0 unspecified atom stereocenters. The van der Waals surface area contributed by atoms with Crippen LogP contribution in [0.25, 0.3) is 0 Å². The molecule has 2 N–H and O–H groups in total. The molecule has 1 aromatic carbocycles. The highest BCUT2D eigenvalue weighted by Gasteiger charge is 2.13. The average molecular weight is 186 g/mol. The summed E-state index contributed by atoms with van der Waals surface area (Å²) in [6.07, 6.45) is 0. The van der Waals surface area contributed by atoms with Gasteiger partial charge in [-0.3, -0.25) is 0 Å². The minimum atomic E-state index is -0.516. The minimum absolute atomic E-state index is 0.224. The Kier molecular flexibility index (Phi) is 2.55. The molecule has 12 heavy (non-hydrogen) atoms. The highest BCUT2D eigenvalue weighted by Crippen LogP contribution is 2.22. The van der Waals surface area contributed by atoms with Crippen molar-refractivity contribution in [3.05, 3.63) is 28.8 Å². The standard InChI is InChI=1S/C8H8ClNO2/c1-12-8(11)7-5(9)3-2-4-6(7)10/h2-4H,10H2,1H3. The number of hydrogen-bond donors (Lipinski definition) is 1. The number of nitrogens with two attached hydrogens (primary N) is 1. The summed E-state index contributed by atoms with van der Waals surface area (Å²) in [7, 11) is 1.28. The smallest absolute Gasteiger partial charge is 0.341 e. The number of ether oxygens (including phenoxy) is 1. The van der Waals surface area contributed by atoms with Crippen LogP contribution in [0.4, 0.5) is 5.69 Å². The topological polar surface area (TPSA) is 52.3 Å². The van der Waals surface area contributed by atoms with Crippen LogP contribution in [0.5, 0.6) is 0 Å². The molecule has 0 aromatic heterocycles. The third kappa shape index (κ3) is 1.51. The third-order valence-corrected chi connectivity index (χ3v) is 1.75. The molecule has 0 atom stereocenters. The van der Waals surface area contributed by atoms with E-state index in [2.05, 4.69) is 4.74 Å². The van der Waals surface area contributed by atoms with Crippen molar-refractivity contribution >= 4 is 23.3 Å². The zero-order chi connectivity index (χ0) is 9.14. The first kappa shape index (κ1) is 8.87. The van der Waals surface area contributed by atoms with Gasteiger partial charge in [0.1, 0.15) is 5.56 Å². The van der Waals surface area contributed by atoms with Crippen LogP contribution in [0.3, 0.4) is 0 Å². The largest absolute Gasteiger partial charge is 0.465 e. The Hall–Kier alpha value is -1.22. The van der Waals surface area contributed by atoms with E-state index in [1.54, 1.807) is 18.2 Å². The molecule has 0 aliphatic carbocycles. The highest BCUT2D eigenvalue weighted by atomic mass is 35.5. The Labute approximate surface area is 75.1 Å². The molecule has 64 valence electrons. The summed E-state index contributed by atoms with van der Waals surface area (Å²) in [5.41, 5.74) is 6.06. The SMILES string of the molecule is COC(=O)c1c(N)cccc1Cl. The number of carbonyl (C=O) groups excluding carboxylic acids is 1. The van der Waals surface area contributed by atoms with Crippen molar-refractivity contribution in [1.29, 1.82) is 0 Å². The van der Waals surface area contributed by atoms with Crippen LogP contribution in [-0.2, 0) is 4.74 Å². The van der Waals surface area contributed by atoms with Gasteiger partial charge in [-0.05, 0) is 12.1 Å². The van der Waals surface area contributed by atoms with Crippen LogP contribution in [0, 0.1) is 0 Å². The molecule has 1 rings (SSSR count). The number of benzene rings is 1. The fourth-order valence-electron chi connectivity index (χ4n) is 0.858. The van der Waals surface area contributed by atoms with Gasteiger partial charge in [-0.1, -0.05) is 17.7 Å². The van der Waals surface area contributed by atoms with Crippen LogP contribution in [0.15, 0.2) is 18.2 Å². The van der Waals surface area contributed by atoms with Gasteiger partial charge in [-0.15, -0.1) is 0 Å². The van der Waals surface area contributed by atoms with E-state index in [1.165, 1.54) is 7.11 Å². The average Bonchev–Trinajstić information content (AvgIpc) is 2.03. The molecule has 0 amide bonds. The molecule has 1 aromatic rings. The molecule has 0 radical (unpaired) electrons. The van der Waals surface area contributed by atoms with E-state index >= 15 is 0 Å². The Morgan fingerprint density at radius 1 is 1.58 bits per heavy atom. The molecule has 0 saturated heterocycles. The lowest BCUT2D eigenvalue weighted by molar-refractivity contribution is 0.0602. The second kappa shape index (κ2) is 3.45. The predicted molar refractivity (Wildman–Crippen MR) is 47.2 cm³/mol. The van der Waals surface area contributed by atoms with Gasteiger partial charge in [-0.2, -0.15) is 0 Å². The first-order chi connectivity index (χ1) is 5.66. The second-order valence-electron chi connectivity index (χ2n) is 2.20. The fourth-order valence-corrected chi connectivity index (χ4v) is 1.12. The summed E-state index contributed by atoms with van der Waals surface area (Å²) >= 11 is 5.72. The summed E-state index contributed by atoms with van der Waals surface area (Å²) < 4.78 is 4.49. The van der Waals surface area contributed by atoms with E-state index in [0.717, 1.165) is 0 Å². The summed E-state index contributed by atoms with van der Waals surface area (Å²) in [6, 6.07) is 4.85. The summed E-state index contributed by atoms with van der Waals surface area (Å²) in [6.45, 7) is 0. The first-order valence-electron chi connectivity index (χ1n) is 3.29. The number of nitrogen functional groups attached to an aromatic ring is 1. The fraction of sp³-hybridized carbons (Fsp3) is 0.125. The van der Waals surface area contributed by atoms with E-state index in [-0.39, 0.29) is 5.56 Å². The van der Waals surface area contributed by atoms with Crippen molar-refractivity contribution in [3.63, 3.8) is 0 Å². The molecule has 0 bridgehead atoms. The number of methoxy groups -OCH3 is 1. The first-order valence-corrected chi connectivity index (χ1v) is 3.67. The Morgan fingerprint density at radius 2 is 2.25 bits per heavy atom. The zero-order valence-corrected chi connectivity index (χ0v) is 7.26. The number of hydrogen-bond acceptors (Lipinski definition) is 3. The molecule has 3 nitrogen and oxygen atoms in total. The number of rotatable bonds is 1. The Bertz CT molecular complexity index is 292. The van der Waals surface area contributed by atoms with Gasteiger partial charge in [0.2, 0.25) is 0 Å². The molecule has 0 fully saturated rings. The maximum absolute atomic E-state index is 11.1. The van der Waals surface area contributed by atoms with Gasteiger partial charge in [-0.25, -0.2) is 4.79 Å². The number of esters is 1. The van der Waals surface area contributed by atoms with Crippen LogP contribution in [0.1, 0.15) is 10.4 Å². The highest BCUT2D eigenvalue weighted by molar-refractivity contribution is 6.34. The Morgan fingerprint density at radius 3 is 2.75 bits per heavy atom. The zero-order valence-electron chi connectivity index (χ0n) is 6.50. The molecule has 0 aliphatic rings. The molecule has 0 spiro atoms. The van der Waals surface area contributed by atoms with Gasteiger partial charge >= 0.3 is 5.97 Å². The molecule has 4 heteroatoms. The van der Waals surface area contributed by atoms with Gasteiger partial charge in [0.25, 0.3) is 0 Å². The van der Waals surface area contributed by atoms with Crippen LogP contribution < -0.4 is 5.73 Å². The molecular formula is C8H8ClNO2. The van der Waals surface area contributed by atoms with Gasteiger partial charge in [0, 0.05) is 5.69 Å². The molecular weight excluding hydrogens is 178 g/mol. The number of carbonyl (C=O) groups is 1. The van der Waals surface area contributed by atoms with Gasteiger partial charge in [0.05, 0.1) is 12.1 Å². The third-order valence-electron chi connectivity index (χ3n) is 1.44. The van der Waals surface area contributed by atoms with Crippen LogP contribution in [0.2, 0.25) is 5.02 Å². The maximum atomic E-state index is 11.1. The normalized spacial score (nSPS) is 9.50. The Balaban J connectivity index is 3.21. The summed E-state index contributed by atoms with van der Waals surface area (Å²) in [4.78, 5) is 11.1. The van der Waals surface area contributed by atoms with Crippen LogP contribution in [-0.4, -0.2) is 13.1 Å². The van der Waals surface area contributed by atoms with Crippen molar-refractivity contribution < 1.29 is 9.53 Å². The minimum Gasteiger partial charge on any atom is -0.465 e. The van der Waals surface area contributed by atoms with Crippen molar-refractivity contribution in [2.24, 2.45) is 0 Å². The van der Waals surface area contributed by atoms with Crippen molar-refractivity contribution in [3.8, 4) is 0 Å². The van der Waals surface area contributed by atoms with E-state index in [4.69, 9.17) is 17.3 Å².